The highest BCUT2D eigenvalue weighted by Crippen LogP contribution is 2.05. The van der Waals surface area contributed by atoms with Crippen LogP contribution in [-0.2, 0) is 6.54 Å². The third-order valence-electron chi connectivity index (χ3n) is 1.94. The van der Waals surface area contributed by atoms with Gasteiger partial charge in [0, 0.05) is 6.07 Å². The number of nitrogens with zero attached hydrogens (tertiary/aromatic N) is 3. The molecule has 0 spiro atoms. The highest BCUT2D eigenvalue weighted by Gasteiger charge is 2.09. The maximum absolute atomic E-state index is 11.1. The minimum Gasteiger partial charge on any atom is -0.502 e. The summed E-state index contributed by atoms with van der Waals surface area (Å²) in [6.07, 6.45) is 2.11. The van der Waals surface area contributed by atoms with Gasteiger partial charge in [0.1, 0.15) is 18.6 Å². The first-order valence-corrected chi connectivity index (χ1v) is 4.50. The molecule has 0 amide bonds. The van der Waals surface area contributed by atoms with Crippen LogP contribution in [0.3, 0.4) is 0 Å². The van der Waals surface area contributed by atoms with Crippen molar-refractivity contribution in [1.29, 1.82) is 0 Å². The summed E-state index contributed by atoms with van der Waals surface area (Å²) in [6.45, 7) is 0.0514. The molecule has 8 nitrogen and oxygen atoms in total. The van der Waals surface area contributed by atoms with Gasteiger partial charge in [0.05, 0.1) is 6.20 Å². The molecule has 0 aromatic carbocycles. The molecule has 2 aromatic heterocycles. The number of aromatic hydroxyl groups is 1. The lowest BCUT2D eigenvalue weighted by molar-refractivity contribution is 0.0690. The quantitative estimate of drug-likeness (QED) is 0.750. The van der Waals surface area contributed by atoms with Crippen LogP contribution in [0.25, 0.3) is 0 Å². The van der Waals surface area contributed by atoms with Gasteiger partial charge in [0.25, 0.3) is 0 Å². The number of carbonyl (C=O) groups is 1. The molecule has 88 valence electrons. The van der Waals surface area contributed by atoms with E-state index in [4.69, 9.17) is 14.6 Å². The lowest BCUT2D eigenvalue weighted by Crippen LogP contribution is -2.05. The summed E-state index contributed by atoms with van der Waals surface area (Å²) >= 11 is 0. The molecular formula is C9H7N3O5. The van der Waals surface area contributed by atoms with E-state index in [9.17, 15) is 9.59 Å². The smallest absolute Gasteiger partial charge is 0.358 e. The van der Waals surface area contributed by atoms with E-state index < -0.39 is 17.1 Å². The van der Waals surface area contributed by atoms with Gasteiger partial charge in [0.2, 0.25) is 5.43 Å². The molecule has 17 heavy (non-hydrogen) atoms. The summed E-state index contributed by atoms with van der Waals surface area (Å²) in [6, 6.07) is 1.09. The van der Waals surface area contributed by atoms with E-state index in [1.54, 1.807) is 0 Å². The lowest BCUT2D eigenvalue weighted by Gasteiger charge is -1.99. The molecule has 2 N–H and O–H groups in total. The number of rotatable bonds is 3. The van der Waals surface area contributed by atoms with Crippen LogP contribution < -0.4 is 5.43 Å². The SMILES string of the molecule is O=C(O)c1cn(Cc2cc(=O)c(O)co2)nn1. The van der Waals surface area contributed by atoms with Gasteiger partial charge in [-0.25, -0.2) is 9.48 Å². The minimum atomic E-state index is -1.19. The zero-order valence-corrected chi connectivity index (χ0v) is 8.40. The Morgan fingerprint density at radius 2 is 2.29 bits per heavy atom. The Labute approximate surface area is 93.7 Å². The summed E-state index contributed by atoms with van der Waals surface area (Å²) in [5.41, 5.74) is -0.782. The number of aromatic carboxylic acids is 1. The van der Waals surface area contributed by atoms with Gasteiger partial charge in [-0.3, -0.25) is 4.79 Å². The monoisotopic (exact) mass is 237 g/mol. The molecule has 0 saturated heterocycles. The molecule has 0 aliphatic carbocycles. The van der Waals surface area contributed by atoms with Gasteiger partial charge in [-0.15, -0.1) is 5.10 Å². The van der Waals surface area contributed by atoms with Crippen molar-refractivity contribution in [3.8, 4) is 5.75 Å². The fraction of sp³-hybridized carbons (Fsp3) is 0.111. The molecule has 0 radical (unpaired) electrons. The van der Waals surface area contributed by atoms with Crippen molar-refractivity contribution >= 4 is 5.97 Å². The van der Waals surface area contributed by atoms with Crippen LogP contribution >= 0.6 is 0 Å². The first kappa shape index (κ1) is 10.9. The second kappa shape index (κ2) is 4.08. The number of aromatic nitrogens is 3. The van der Waals surface area contributed by atoms with Gasteiger partial charge >= 0.3 is 5.97 Å². The molecule has 2 heterocycles. The standard InChI is InChI=1S/C9H7N3O5/c13-7-1-5(17-4-8(7)14)2-12-3-6(9(15)16)10-11-12/h1,3-4,14H,2H2,(H,15,16). The van der Waals surface area contributed by atoms with Crippen LogP contribution in [0.4, 0.5) is 0 Å². The van der Waals surface area contributed by atoms with Crippen molar-refractivity contribution in [1.82, 2.24) is 15.0 Å². The van der Waals surface area contributed by atoms with Gasteiger partial charge in [0.15, 0.2) is 11.4 Å². The second-order valence-electron chi connectivity index (χ2n) is 3.20. The predicted octanol–water partition coefficient (Wildman–Crippen LogP) is -0.317. The van der Waals surface area contributed by atoms with Gasteiger partial charge in [-0.05, 0) is 0 Å². The Bertz CT molecular complexity index is 615. The Kier molecular flexibility index (Phi) is 2.61. The summed E-state index contributed by atoms with van der Waals surface area (Å²) in [7, 11) is 0. The topological polar surface area (TPSA) is 118 Å². The van der Waals surface area contributed by atoms with Crippen molar-refractivity contribution in [3.63, 3.8) is 0 Å². The Hall–Kier alpha value is -2.64. The normalized spacial score (nSPS) is 10.4. The summed E-state index contributed by atoms with van der Waals surface area (Å²) < 4.78 is 6.13. The van der Waals surface area contributed by atoms with Crippen LogP contribution in [0.2, 0.25) is 0 Å². The van der Waals surface area contributed by atoms with Crippen molar-refractivity contribution in [3.05, 3.63) is 40.2 Å². The van der Waals surface area contributed by atoms with E-state index >= 15 is 0 Å². The van der Waals surface area contributed by atoms with E-state index in [1.165, 1.54) is 10.9 Å². The van der Waals surface area contributed by atoms with Crippen molar-refractivity contribution in [2.24, 2.45) is 0 Å². The minimum absolute atomic E-state index is 0.0514. The Balaban J connectivity index is 2.22. The first-order valence-electron chi connectivity index (χ1n) is 4.50. The number of carboxylic acid groups (broad SMARTS) is 1. The molecule has 2 rings (SSSR count). The zero-order valence-electron chi connectivity index (χ0n) is 8.40. The molecule has 0 aliphatic rings. The molecule has 0 unspecified atom stereocenters. The molecule has 0 saturated carbocycles. The third kappa shape index (κ3) is 2.30. The van der Waals surface area contributed by atoms with Crippen LogP contribution in [0.5, 0.6) is 5.75 Å². The van der Waals surface area contributed by atoms with E-state index in [0.29, 0.717) is 0 Å². The molecule has 0 fully saturated rings. The predicted molar refractivity (Wildman–Crippen MR) is 52.7 cm³/mol. The van der Waals surface area contributed by atoms with Crippen LogP contribution in [0, 0.1) is 0 Å². The molecule has 2 aromatic rings. The van der Waals surface area contributed by atoms with E-state index in [2.05, 4.69) is 10.3 Å². The molecule has 0 bridgehead atoms. The maximum atomic E-state index is 11.1. The lowest BCUT2D eigenvalue weighted by atomic mass is 10.3. The van der Waals surface area contributed by atoms with Gasteiger partial charge < -0.3 is 14.6 Å². The Morgan fingerprint density at radius 3 is 2.88 bits per heavy atom. The summed E-state index contributed by atoms with van der Waals surface area (Å²) in [5, 5.41) is 24.5. The van der Waals surface area contributed by atoms with Crippen molar-refractivity contribution in [2.45, 2.75) is 6.54 Å². The van der Waals surface area contributed by atoms with Crippen LogP contribution in [-0.4, -0.2) is 31.2 Å². The highest BCUT2D eigenvalue weighted by atomic mass is 16.4. The van der Waals surface area contributed by atoms with Gasteiger partial charge in [-0.2, -0.15) is 0 Å². The van der Waals surface area contributed by atoms with E-state index in [1.807, 2.05) is 0 Å². The fourth-order valence-corrected chi connectivity index (χ4v) is 1.16. The molecular weight excluding hydrogens is 230 g/mol. The zero-order chi connectivity index (χ0) is 12.4. The number of hydrogen-bond donors (Lipinski definition) is 2. The Morgan fingerprint density at radius 1 is 1.53 bits per heavy atom. The number of carboxylic acids is 1. The number of hydrogen-bond acceptors (Lipinski definition) is 6. The van der Waals surface area contributed by atoms with E-state index in [-0.39, 0.29) is 18.0 Å². The molecule has 0 atom stereocenters. The highest BCUT2D eigenvalue weighted by molar-refractivity contribution is 5.84. The average Bonchev–Trinajstić information content (AvgIpc) is 2.72. The summed E-state index contributed by atoms with van der Waals surface area (Å²) in [4.78, 5) is 21.6. The fourth-order valence-electron chi connectivity index (χ4n) is 1.16. The first-order chi connectivity index (χ1) is 8.06. The molecule has 0 aliphatic heterocycles. The largest absolute Gasteiger partial charge is 0.502 e. The second-order valence-corrected chi connectivity index (χ2v) is 3.20. The summed E-state index contributed by atoms with van der Waals surface area (Å²) in [5.74, 6) is -1.45. The molecule has 8 heteroatoms. The average molecular weight is 237 g/mol. The third-order valence-corrected chi connectivity index (χ3v) is 1.94. The van der Waals surface area contributed by atoms with Crippen molar-refractivity contribution in [2.75, 3.05) is 0 Å². The van der Waals surface area contributed by atoms with Crippen LogP contribution in [0.1, 0.15) is 16.2 Å². The van der Waals surface area contributed by atoms with Gasteiger partial charge in [-0.1, -0.05) is 5.21 Å². The maximum Gasteiger partial charge on any atom is 0.358 e. The van der Waals surface area contributed by atoms with E-state index in [0.717, 1.165) is 12.3 Å². The van der Waals surface area contributed by atoms with Crippen LogP contribution in [0.15, 0.2) is 27.7 Å². The van der Waals surface area contributed by atoms with Crippen molar-refractivity contribution < 1.29 is 19.4 Å².